The minimum Gasteiger partial charge on any atom is -0.494 e. The first kappa shape index (κ1) is 21.4. The third kappa shape index (κ3) is 5.44. The lowest BCUT2D eigenvalue weighted by atomic mass is 9.74. The summed E-state index contributed by atoms with van der Waals surface area (Å²) in [6, 6.07) is 16.1. The summed E-state index contributed by atoms with van der Waals surface area (Å²) >= 11 is 0. The zero-order valence-electron chi connectivity index (χ0n) is 17.8. The van der Waals surface area contributed by atoms with Crippen LogP contribution in [0, 0.1) is 0 Å². The van der Waals surface area contributed by atoms with E-state index in [4.69, 9.17) is 9.47 Å². The number of rotatable bonds is 8. The van der Waals surface area contributed by atoms with Crippen molar-refractivity contribution in [3.05, 3.63) is 59.7 Å². The fourth-order valence-corrected chi connectivity index (χ4v) is 4.35. The molecular formula is C25H30N2O4. The minimum absolute atomic E-state index is 0.0514. The number of anilines is 1. The van der Waals surface area contributed by atoms with Gasteiger partial charge in [0.05, 0.1) is 6.61 Å². The Hall–Kier alpha value is -2.86. The Bertz CT molecular complexity index is 907. The maximum atomic E-state index is 12.5. The van der Waals surface area contributed by atoms with E-state index in [9.17, 15) is 9.59 Å². The van der Waals surface area contributed by atoms with Gasteiger partial charge in [-0.2, -0.15) is 0 Å². The number of carbonyl (C=O) groups excluding carboxylic acids is 2. The van der Waals surface area contributed by atoms with Crippen LogP contribution in [0.1, 0.15) is 43.2 Å². The van der Waals surface area contributed by atoms with Crippen LogP contribution >= 0.6 is 0 Å². The SMILES string of the molecule is O=C(CCCOc1ccc2c(c1)CCC(=O)N2)NCC1(c2ccccc2)CCOCC1. The summed E-state index contributed by atoms with van der Waals surface area (Å²) in [6.07, 6.45) is 4.16. The van der Waals surface area contributed by atoms with Gasteiger partial charge in [-0.15, -0.1) is 0 Å². The Morgan fingerprint density at radius 1 is 1.10 bits per heavy atom. The average Bonchev–Trinajstić information content (AvgIpc) is 2.82. The maximum absolute atomic E-state index is 12.5. The summed E-state index contributed by atoms with van der Waals surface area (Å²) < 4.78 is 11.4. The van der Waals surface area contributed by atoms with Crippen LogP contribution in [0.25, 0.3) is 0 Å². The summed E-state index contributed by atoms with van der Waals surface area (Å²) in [5, 5.41) is 6.02. The fourth-order valence-electron chi connectivity index (χ4n) is 4.35. The molecule has 6 nitrogen and oxygen atoms in total. The third-order valence-corrected chi connectivity index (χ3v) is 6.25. The molecule has 0 aliphatic carbocycles. The first-order valence-electron chi connectivity index (χ1n) is 11.1. The zero-order chi connectivity index (χ0) is 21.5. The van der Waals surface area contributed by atoms with Crippen molar-refractivity contribution in [2.45, 2.75) is 43.9 Å². The topological polar surface area (TPSA) is 76.7 Å². The van der Waals surface area contributed by atoms with E-state index >= 15 is 0 Å². The molecule has 0 bridgehead atoms. The first-order chi connectivity index (χ1) is 15.1. The molecule has 6 heteroatoms. The van der Waals surface area contributed by atoms with Gasteiger partial charge in [0.2, 0.25) is 11.8 Å². The molecule has 0 atom stereocenters. The standard InChI is InChI=1S/C25H30N2O4/c28-23(26-18-25(12-15-30-16-13-25)20-5-2-1-3-6-20)7-4-14-31-21-9-10-22-19(17-21)8-11-24(29)27-22/h1-3,5-6,9-10,17H,4,7-8,11-16,18H2,(H,26,28)(H,27,29). The highest BCUT2D eigenvalue weighted by Gasteiger charge is 2.34. The summed E-state index contributed by atoms with van der Waals surface area (Å²) in [6.45, 7) is 2.57. The summed E-state index contributed by atoms with van der Waals surface area (Å²) in [7, 11) is 0. The molecule has 0 spiro atoms. The van der Waals surface area contributed by atoms with Crippen LogP contribution in [-0.4, -0.2) is 38.2 Å². The molecule has 2 aliphatic heterocycles. The summed E-state index contributed by atoms with van der Waals surface area (Å²) in [5.74, 6) is 0.890. The number of amides is 2. The highest BCUT2D eigenvalue weighted by molar-refractivity contribution is 5.94. The Balaban J connectivity index is 1.23. The van der Waals surface area contributed by atoms with Crippen molar-refractivity contribution in [1.82, 2.24) is 5.32 Å². The van der Waals surface area contributed by atoms with Crippen molar-refractivity contribution in [2.24, 2.45) is 0 Å². The molecule has 0 unspecified atom stereocenters. The van der Waals surface area contributed by atoms with Gasteiger partial charge in [0.25, 0.3) is 0 Å². The van der Waals surface area contributed by atoms with E-state index in [2.05, 4.69) is 34.9 Å². The Morgan fingerprint density at radius 2 is 1.90 bits per heavy atom. The molecule has 2 aromatic rings. The van der Waals surface area contributed by atoms with Gasteiger partial charge in [-0.3, -0.25) is 9.59 Å². The third-order valence-electron chi connectivity index (χ3n) is 6.25. The number of aryl methyl sites for hydroxylation is 1. The Morgan fingerprint density at radius 3 is 2.71 bits per heavy atom. The van der Waals surface area contributed by atoms with Gasteiger partial charge in [0.15, 0.2) is 0 Å². The van der Waals surface area contributed by atoms with E-state index < -0.39 is 0 Å². The molecule has 0 radical (unpaired) electrons. The van der Waals surface area contributed by atoms with E-state index in [0.717, 1.165) is 49.5 Å². The van der Waals surface area contributed by atoms with E-state index in [1.54, 1.807) is 0 Å². The molecule has 2 heterocycles. The molecule has 2 N–H and O–H groups in total. The molecule has 164 valence electrons. The summed E-state index contributed by atoms with van der Waals surface area (Å²) in [4.78, 5) is 23.9. The molecular weight excluding hydrogens is 392 g/mol. The van der Waals surface area contributed by atoms with Gasteiger partial charge in [-0.1, -0.05) is 30.3 Å². The summed E-state index contributed by atoms with van der Waals surface area (Å²) in [5.41, 5.74) is 3.18. The van der Waals surface area contributed by atoms with Gasteiger partial charge >= 0.3 is 0 Å². The van der Waals surface area contributed by atoms with Crippen molar-refractivity contribution in [2.75, 3.05) is 31.7 Å². The largest absolute Gasteiger partial charge is 0.494 e. The van der Waals surface area contributed by atoms with Crippen LogP contribution in [0.5, 0.6) is 5.75 Å². The highest BCUT2D eigenvalue weighted by atomic mass is 16.5. The molecule has 2 aliphatic rings. The Labute approximate surface area is 183 Å². The van der Waals surface area contributed by atoms with Crippen LogP contribution < -0.4 is 15.4 Å². The molecule has 0 saturated carbocycles. The molecule has 2 amide bonds. The molecule has 4 rings (SSSR count). The monoisotopic (exact) mass is 422 g/mol. The minimum atomic E-state index is -0.0514. The number of hydrogen-bond acceptors (Lipinski definition) is 4. The molecule has 1 saturated heterocycles. The fraction of sp³-hybridized carbons (Fsp3) is 0.440. The lowest BCUT2D eigenvalue weighted by Crippen LogP contribution is -2.44. The number of ether oxygens (including phenoxy) is 2. The molecule has 31 heavy (non-hydrogen) atoms. The maximum Gasteiger partial charge on any atom is 0.224 e. The van der Waals surface area contributed by atoms with Crippen molar-refractivity contribution >= 4 is 17.5 Å². The number of carbonyl (C=O) groups is 2. The lowest BCUT2D eigenvalue weighted by Gasteiger charge is -2.38. The van der Waals surface area contributed by atoms with Crippen LogP contribution in [0.2, 0.25) is 0 Å². The van der Waals surface area contributed by atoms with Crippen molar-refractivity contribution in [3.8, 4) is 5.75 Å². The van der Waals surface area contributed by atoms with Crippen molar-refractivity contribution in [1.29, 1.82) is 0 Å². The van der Waals surface area contributed by atoms with Crippen molar-refractivity contribution in [3.63, 3.8) is 0 Å². The van der Waals surface area contributed by atoms with Gasteiger partial charge in [0, 0.05) is 43.7 Å². The normalized spacial score (nSPS) is 17.4. The van der Waals surface area contributed by atoms with E-state index in [1.165, 1.54) is 5.56 Å². The average molecular weight is 423 g/mol. The number of benzene rings is 2. The quantitative estimate of drug-likeness (QED) is 0.638. The van der Waals surface area contributed by atoms with Crippen LogP contribution in [0.15, 0.2) is 48.5 Å². The second kappa shape index (κ2) is 9.96. The van der Waals surface area contributed by atoms with E-state index in [-0.39, 0.29) is 17.2 Å². The van der Waals surface area contributed by atoms with Crippen LogP contribution in [0.3, 0.4) is 0 Å². The Kier molecular flexibility index (Phi) is 6.87. The first-order valence-corrected chi connectivity index (χ1v) is 11.1. The lowest BCUT2D eigenvalue weighted by molar-refractivity contribution is -0.121. The van der Waals surface area contributed by atoms with Crippen LogP contribution in [0.4, 0.5) is 5.69 Å². The number of nitrogens with one attached hydrogen (secondary N) is 2. The van der Waals surface area contributed by atoms with Gasteiger partial charge in [0.1, 0.15) is 5.75 Å². The van der Waals surface area contributed by atoms with Crippen LogP contribution in [-0.2, 0) is 26.2 Å². The van der Waals surface area contributed by atoms with Gasteiger partial charge in [-0.25, -0.2) is 0 Å². The highest BCUT2D eigenvalue weighted by Crippen LogP contribution is 2.34. The van der Waals surface area contributed by atoms with Gasteiger partial charge < -0.3 is 20.1 Å². The number of hydrogen-bond donors (Lipinski definition) is 2. The zero-order valence-corrected chi connectivity index (χ0v) is 17.8. The molecule has 2 aromatic carbocycles. The van der Waals surface area contributed by atoms with Crippen molar-refractivity contribution < 1.29 is 19.1 Å². The van der Waals surface area contributed by atoms with E-state index in [1.807, 2.05) is 24.3 Å². The second-order valence-corrected chi connectivity index (χ2v) is 8.35. The predicted octanol–water partition coefficient (Wildman–Crippen LogP) is 3.59. The smallest absolute Gasteiger partial charge is 0.224 e. The second-order valence-electron chi connectivity index (χ2n) is 8.35. The number of fused-ring (bicyclic) bond motifs is 1. The molecule has 0 aromatic heterocycles. The predicted molar refractivity (Wildman–Crippen MR) is 119 cm³/mol. The molecule has 1 fully saturated rings. The van der Waals surface area contributed by atoms with Gasteiger partial charge in [-0.05, 0) is 55.0 Å². The van der Waals surface area contributed by atoms with E-state index in [0.29, 0.717) is 32.4 Å².